The number of likely N-dealkylation sites (N-methyl/N-ethyl adjacent to an activating group) is 1. The van der Waals surface area contributed by atoms with E-state index in [1.165, 1.54) is 19.3 Å². The molecule has 1 unspecified atom stereocenters. The van der Waals surface area contributed by atoms with Crippen molar-refractivity contribution in [2.75, 3.05) is 31.1 Å². The van der Waals surface area contributed by atoms with E-state index in [1.807, 2.05) is 30.9 Å². The van der Waals surface area contributed by atoms with E-state index in [4.69, 9.17) is 6.57 Å². The van der Waals surface area contributed by atoms with E-state index in [0.717, 1.165) is 53.9 Å². The second-order valence-electron chi connectivity index (χ2n) is 7.38. The number of hydrogen-bond acceptors (Lipinski definition) is 1. The number of likely N-dealkylation sites (tertiary alicyclic amines) is 1. The monoisotopic (exact) mass is 415 g/mol. The number of aryl methyl sites for hydroxylation is 2. The molecule has 4 nitrogen and oxygen atoms in total. The minimum absolute atomic E-state index is 0. The van der Waals surface area contributed by atoms with E-state index < -0.39 is 0 Å². The zero-order valence-corrected chi connectivity index (χ0v) is 18.6. The van der Waals surface area contributed by atoms with Crippen molar-refractivity contribution in [1.29, 1.82) is 0 Å². The van der Waals surface area contributed by atoms with Gasteiger partial charge in [-0.15, -0.1) is 0 Å². The first-order chi connectivity index (χ1) is 11.5. The molecule has 1 radical (unpaired) electrons. The summed E-state index contributed by atoms with van der Waals surface area (Å²) in [7, 11) is 0. The molecule has 0 saturated carbocycles. The van der Waals surface area contributed by atoms with Crippen LogP contribution < -0.4 is 4.90 Å². The zero-order valence-electron chi connectivity index (χ0n) is 15.7. The first-order valence-electron chi connectivity index (χ1n) is 9.18. The standard InChI is InChI=1S/C20H28N3O.Y/c1-5-23(11-7-6-8-12-23)18-9-10-22(20(18)24)19-15(2)13-17(21-4)14-16(19)3;/h13-14,18H,5-12H2,1-3H3;/q+1;. The van der Waals surface area contributed by atoms with Crippen molar-refractivity contribution >= 4 is 17.3 Å². The Morgan fingerprint density at radius 3 is 2.32 bits per heavy atom. The van der Waals surface area contributed by atoms with Crippen LogP contribution in [-0.4, -0.2) is 42.6 Å². The van der Waals surface area contributed by atoms with Crippen LogP contribution in [0, 0.1) is 20.4 Å². The van der Waals surface area contributed by atoms with Crippen LogP contribution in [0.2, 0.25) is 0 Å². The number of quaternary nitrogens is 1. The molecule has 0 spiro atoms. The number of carbonyl (C=O) groups is 1. The summed E-state index contributed by atoms with van der Waals surface area (Å²) in [5, 5.41) is 0. The molecule has 2 saturated heterocycles. The zero-order chi connectivity index (χ0) is 17.3. The largest absolute Gasteiger partial charge is 0.314 e. The average Bonchev–Trinajstić information content (AvgIpc) is 2.97. The van der Waals surface area contributed by atoms with Crippen LogP contribution >= 0.6 is 0 Å². The molecule has 131 valence electrons. The fourth-order valence-corrected chi connectivity index (χ4v) is 4.81. The van der Waals surface area contributed by atoms with Crippen molar-refractivity contribution in [2.45, 2.75) is 52.5 Å². The summed E-state index contributed by atoms with van der Waals surface area (Å²) in [6.07, 6.45) is 4.75. The Hall–Kier alpha value is -0.756. The van der Waals surface area contributed by atoms with Crippen LogP contribution in [0.4, 0.5) is 11.4 Å². The Labute approximate surface area is 176 Å². The second kappa shape index (κ2) is 8.29. The second-order valence-corrected chi connectivity index (χ2v) is 7.38. The Morgan fingerprint density at radius 2 is 1.80 bits per heavy atom. The van der Waals surface area contributed by atoms with Gasteiger partial charge >= 0.3 is 0 Å². The van der Waals surface area contributed by atoms with Crippen molar-refractivity contribution < 1.29 is 42.0 Å². The molecule has 0 aromatic heterocycles. The van der Waals surface area contributed by atoms with Gasteiger partial charge in [0, 0.05) is 51.4 Å². The fraction of sp³-hybridized carbons (Fsp3) is 0.600. The van der Waals surface area contributed by atoms with Crippen molar-refractivity contribution in [2.24, 2.45) is 0 Å². The van der Waals surface area contributed by atoms with Gasteiger partial charge in [-0.2, -0.15) is 0 Å². The van der Waals surface area contributed by atoms with Crippen molar-refractivity contribution in [3.8, 4) is 0 Å². The van der Waals surface area contributed by atoms with Gasteiger partial charge < -0.3 is 9.38 Å². The Bertz CT molecular complexity index is 666. The van der Waals surface area contributed by atoms with Gasteiger partial charge in [0.2, 0.25) is 0 Å². The van der Waals surface area contributed by atoms with Crippen LogP contribution in [0.3, 0.4) is 0 Å². The van der Waals surface area contributed by atoms with Gasteiger partial charge in [-0.1, -0.05) is 12.1 Å². The number of benzene rings is 1. The van der Waals surface area contributed by atoms with Gasteiger partial charge in [0.1, 0.15) is 0 Å². The molecule has 1 atom stereocenters. The summed E-state index contributed by atoms with van der Waals surface area (Å²) in [6, 6.07) is 3.93. The third-order valence-corrected chi connectivity index (χ3v) is 6.05. The molecule has 0 aliphatic carbocycles. The molecule has 2 heterocycles. The quantitative estimate of drug-likeness (QED) is 0.542. The van der Waals surface area contributed by atoms with Crippen LogP contribution in [0.25, 0.3) is 4.85 Å². The number of anilines is 1. The normalized spacial score (nSPS) is 22.4. The number of hydrogen-bond donors (Lipinski definition) is 0. The fourth-order valence-electron chi connectivity index (χ4n) is 4.81. The predicted molar refractivity (Wildman–Crippen MR) is 97.3 cm³/mol. The number of amides is 1. The average molecular weight is 415 g/mol. The van der Waals surface area contributed by atoms with Gasteiger partial charge in [0.15, 0.2) is 11.7 Å². The molecule has 0 bridgehead atoms. The van der Waals surface area contributed by atoms with Gasteiger partial charge in [0.25, 0.3) is 5.91 Å². The van der Waals surface area contributed by atoms with Gasteiger partial charge in [-0.25, -0.2) is 4.85 Å². The van der Waals surface area contributed by atoms with Crippen LogP contribution in [0.15, 0.2) is 12.1 Å². The first kappa shape index (κ1) is 20.6. The Morgan fingerprint density at radius 1 is 1.20 bits per heavy atom. The SMILES string of the molecule is [C-]#[N+]c1cc(C)c(N2CCC([N+]3(CC)CCCCC3)C2=O)c(C)c1.[Y]. The van der Waals surface area contributed by atoms with E-state index in [1.54, 1.807) is 0 Å². The van der Waals surface area contributed by atoms with Crippen molar-refractivity contribution in [3.05, 3.63) is 34.7 Å². The molecule has 0 N–H and O–H groups in total. The molecule has 25 heavy (non-hydrogen) atoms. The summed E-state index contributed by atoms with van der Waals surface area (Å²) in [6.45, 7) is 17.6. The minimum atomic E-state index is 0. The first-order valence-corrected chi connectivity index (χ1v) is 9.18. The maximum Gasteiger partial charge on any atom is 0.285 e. The summed E-state index contributed by atoms with van der Waals surface area (Å²) >= 11 is 0. The molecular formula is C20H28N3OY+. The molecule has 1 aromatic rings. The number of piperidine rings is 1. The van der Waals surface area contributed by atoms with Crippen LogP contribution in [0.5, 0.6) is 0 Å². The topological polar surface area (TPSA) is 24.7 Å². The molecule has 1 aromatic carbocycles. The number of nitrogens with zero attached hydrogens (tertiary/aromatic N) is 3. The summed E-state index contributed by atoms with van der Waals surface area (Å²) in [4.78, 5) is 18.8. The van der Waals surface area contributed by atoms with Gasteiger partial charge in [-0.3, -0.25) is 4.79 Å². The van der Waals surface area contributed by atoms with E-state index in [9.17, 15) is 4.79 Å². The maximum atomic E-state index is 13.3. The molecule has 1 amide bonds. The summed E-state index contributed by atoms with van der Waals surface area (Å²) in [5.74, 6) is 0.292. The smallest absolute Gasteiger partial charge is 0.285 e. The van der Waals surface area contributed by atoms with Crippen molar-refractivity contribution in [1.82, 2.24) is 0 Å². The predicted octanol–water partition coefficient (Wildman–Crippen LogP) is 3.98. The summed E-state index contributed by atoms with van der Waals surface area (Å²) in [5.41, 5.74) is 3.76. The van der Waals surface area contributed by atoms with Gasteiger partial charge in [-0.05, 0) is 51.2 Å². The number of rotatable bonds is 3. The molecule has 3 rings (SSSR count). The molecule has 2 fully saturated rings. The summed E-state index contributed by atoms with van der Waals surface area (Å²) < 4.78 is 0.980. The number of carbonyl (C=O) groups excluding carboxylic acids is 1. The maximum absolute atomic E-state index is 13.3. The molecule has 2 aliphatic heterocycles. The molecule has 5 heteroatoms. The molecule has 2 aliphatic rings. The third-order valence-electron chi connectivity index (χ3n) is 6.05. The minimum Gasteiger partial charge on any atom is -0.314 e. The third kappa shape index (κ3) is 3.70. The van der Waals surface area contributed by atoms with Crippen LogP contribution in [-0.2, 0) is 37.5 Å². The van der Waals surface area contributed by atoms with E-state index in [2.05, 4.69) is 11.8 Å². The Balaban J connectivity index is 0.00000225. The Kier molecular flexibility index (Phi) is 6.82. The van der Waals surface area contributed by atoms with E-state index >= 15 is 0 Å². The molecular weight excluding hydrogens is 387 g/mol. The van der Waals surface area contributed by atoms with E-state index in [0.29, 0.717) is 11.6 Å². The van der Waals surface area contributed by atoms with Crippen molar-refractivity contribution in [3.63, 3.8) is 0 Å². The van der Waals surface area contributed by atoms with E-state index in [-0.39, 0.29) is 38.8 Å². The van der Waals surface area contributed by atoms with Crippen LogP contribution in [0.1, 0.15) is 43.7 Å². The van der Waals surface area contributed by atoms with Gasteiger partial charge in [0.05, 0.1) is 26.2 Å².